The van der Waals surface area contributed by atoms with Gasteiger partial charge in [0, 0.05) is 6.04 Å². The van der Waals surface area contributed by atoms with Crippen molar-refractivity contribution in [1.29, 1.82) is 0 Å². The molecule has 0 amide bonds. The molecule has 1 aromatic carbocycles. The largest absolute Gasteiger partial charge is 0.326 e. The van der Waals surface area contributed by atoms with Crippen LogP contribution >= 0.6 is 19.7 Å². The van der Waals surface area contributed by atoms with Gasteiger partial charge in [-0.2, -0.15) is 0 Å². The van der Waals surface area contributed by atoms with Crippen LogP contribution in [0.5, 0.6) is 0 Å². The summed E-state index contributed by atoms with van der Waals surface area (Å²) < 4.78 is 8.02. The van der Waals surface area contributed by atoms with Crippen LogP contribution in [-0.4, -0.2) is 17.8 Å². The van der Waals surface area contributed by atoms with Gasteiger partial charge in [-0.25, -0.2) is 4.67 Å². The van der Waals surface area contributed by atoms with Gasteiger partial charge in [-0.3, -0.25) is 0 Å². The summed E-state index contributed by atoms with van der Waals surface area (Å²) in [5, 5.41) is 0. The average molecular weight is 227 g/mol. The van der Waals surface area contributed by atoms with E-state index >= 15 is 0 Å². The van der Waals surface area contributed by atoms with Crippen molar-refractivity contribution in [2.75, 3.05) is 7.05 Å². The Morgan fingerprint density at radius 2 is 2.00 bits per heavy atom. The number of nitrogens with zero attached hydrogens (tertiary/aromatic N) is 1. The maximum Gasteiger partial charge on any atom is 0.166 e. The molecule has 2 nitrogen and oxygen atoms in total. The Hall–Kier alpha value is -0.0800. The van der Waals surface area contributed by atoms with Gasteiger partial charge in [0.1, 0.15) is 6.10 Å². The topological polar surface area (TPSA) is 12.5 Å². The van der Waals surface area contributed by atoms with Crippen molar-refractivity contribution >= 4 is 19.7 Å². The summed E-state index contributed by atoms with van der Waals surface area (Å²) in [4.78, 5) is 0. The predicted molar refractivity (Wildman–Crippen MR) is 63.4 cm³/mol. The quantitative estimate of drug-likeness (QED) is 0.584. The molecule has 3 atom stereocenters. The van der Waals surface area contributed by atoms with Gasteiger partial charge in [-0.05, 0) is 19.5 Å². The Morgan fingerprint density at radius 3 is 2.50 bits per heavy atom. The van der Waals surface area contributed by atoms with Crippen molar-refractivity contribution in [1.82, 2.24) is 4.67 Å². The Bertz CT molecular complexity index is 308. The second-order valence-corrected chi connectivity index (χ2v) is 5.88. The van der Waals surface area contributed by atoms with Crippen LogP contribution in [0.2, 0.25) is 0 Å². The van der Waals surface area contributed by atoms with Crippen molar-refractivity contribution < 1.29 is 4.52 Å². The number of hydrogen-bond donors (Lipinski definition) is 1. The van der Waals surface area contributed by atoms with E-state index in [-0.39, 0.29) is 6.10 Å². The Morgan fingerprint density at radius 1 is 1.36 bits per heavy atom. The third-order valence-corrected chi connectivity index (χ3v) is 5.08. The summed E-state index contributed by atoms with van der Waals surface area (Å²) in [5.74, 6) is 0. The van der Waals surface area contributed by atoms with Crippen molar-refractivity contribution in [3.8, 4) is 0 Å². The molecule has 14 heavy (non-hydrogen) atoms. The molecule has 2 rings (SSSR count). The van der Waals surface area contributed by atoms with E-state index in [2.05, 4.69) is 43.0 Å². The first-order valence-electron chi connectivity index (χ1n) is 4.63. The van der Waals surface area contributed by atoms with Crippen molar-refractivity contribution in [3.63, 3.8) is 0 Å². The zero-order chi connectivity index (χ0) is 10.1. The summed E-state index contributed by atoms with van der Waals surface area (Å²) >= 11 is 4.42. The summed E-state index contributed by atoms with van der Waals surface area (Å²) in [7, 11) is 1.36. The van der Waals surface area contributed by atoms with E-state index in [1.807, 2.05) is 18.2 Å². The summed E-state index contributed by atoms with van der Waals surface area (Å²) in [5.41, 5.74) is 1.24. The van der Waals surface area contributed by atoms with Crippen molar-refractivity contribution in [2.45, 2.75) is 19.1 Å². The average Bonchev–Trinajstić information content (AvgIpc) is 2.47. The number of rotatable bonds is 1. The van der Waals surface area contributed by atoms with Crippen molar-refractivity contribution in [3.05, 3.63) is 35.9 Å². The molecule has 1 aliphatic heterocycles. The molecule has 0 aliphatic carbocycles. The molecular weight excluding hydrogens is 213 g/mol. The highest BCUT2D eigenvalue weighted by Gasteiger charge is 2.36. The SMILES string of the molecule is C[C@H]1[C@H](c2ccccc2)O[P@@](S)N1C. The van der Waals surface area contributed by atoms with Crippen LogP contribution in [0.1, 0.15) is 18.6 Å². The van der Waals surface area contributed by atoms with E-state index in [0.717, 1.165) is 0 Å². The maximum atomic E-state index is 5.83. The fourth-order valence-electron chi connectivity index (χ4n) is 1.60. The first kappa shape index (κ1) is 10.4. The summed E-state index contributed by atoms with van der Waals surface area (Å²) in [6.45, 7) is 2.18. The van der Waals surface area contributed by atoms with Gasteiger partial charge in [-0.1, -0.05) is 30.3 Å². The highest BCUT2D eigenvalue weighted by molar-refractivity contribution is 8.42. The zero-order valence-corrected chi connectivity index (χ0v) is 10.1. The van der Waals surface area contributed by atoms with Gasteiger partial charge in [-0.15, -0.1) is 12.2 Å². The van der Waals surface area contributed by atoms with Crippen LogP contribution < -0.4 is 0 Å². The Labute approximate surface area is 91.3 Å². The minimum Gasteiger partial charge on any atom is -0.326 e. The lowest BCUT2D eigenvalue weighted by Crippen LogP contribution is -2.21. The molecule has 0 spiro atoms. The first-order chi connectivity index (χ1) is 6.70. The molecule has 1 fully saturated rings. The van der Waals surface area contributed by atoms with E-state index < -0.39 is 7.50 Å². The second-order valence-electron chi connectivity index (χ2n) is 3.50. The molecule has 1 aliphatic rings. The van der Waals surface area contributed by atoms with E-state index in [1.54, 1.807) is 0 Å². The van der Waals surface area contributed by atoms with Crippen LogP contribution in [-0.2, 0) is 4.52 Å². The number of thiol groups is 1. The first-order valence-corrected chi connectivity index (χ1v) is 7.00. The van der Waals surface area contributed by atoms with Gasteiger partial charge in [0.15, 0.2) is 7.50 Å². The van der Waals surface area contributed by atoms with Gasteiger partial charge in [0.05, 0.1) is 0 Å². The summed E-state index contributed by atoms with van der Waals surface area (Å²) in [6, 6.07) is 10.7. The van der Waals surface area contributed by atoms with Crippen molar-refractivity contribution in [2.24, 2.45) is 0 Å². The highest BCUT2D eigenvalue weighted by Crippen LogP contribution is 2.58. The molecule has 0 aromatic heterocycles. The highest BCUT2D eigenvalue weighted by atomic mass is 32.7. The fraction of sp³-hybridized carbons (Fsp3) is 0.400. The minimum absolute atomic E-state index is 0.171. The van der Waals surface area contributed by atoms with E-state index in [9.17, 15) is 0 Å². The lowest BCUT2D eigenvalue weighted by molar-refractivity contribution is 0.219. The number of hydrogen-bond acceptors (Lipinski definition) is 3. The van der Waals surface area contributed by atoms with Gasteiger partial charge in [0.25, 0.3) is 0 Å². The van der Waals surface area contributed by atoms with Gasteiger partial charge in [0.2, 0.25) is 0 Å². The molecule has 0 unspecified atom stereocenters. The Kier molecular flexibility index (Phi) is 3.13. The predicted octanol–water partition coefficient (Wildman–Crippen LogP) is 3.23. The molecule has 1 aromatic rings. The lowest BCUT2D eigenvalue weighted by Gasteiger charge is -2.17. The van der Waals surface area contributed by atoms with Crippen LogP contribution in [0.15, 0.2) is 30.3 Å². The van der Waals surface area contributed by atoms with E-state index in [0.29, 0.717) is 6.04 Å². The third kappa shape index (κ3) is 1.82. The minimum atomic E-state index is -0.701. The molecule has 0 bridgehead atoms. The van der Waals surface area contributed by atoms with Gasteiger partial charge < -0.3 is 4.52 Å². The fourth-order valence-corrected chi connectivity index (χ4v) is 3.47. The van der Waals surface area contributed by atoms with Crippen LogP contribution in [0.4, 0.5) is 0 Å². The molecular formula is C10H14NOPS. The number of likely N-dealkylation sites (N-methyl/N-ethyl adjacent to an activating group) is 1. The standard InChI is InChI=1S/C10H14NOPS/c1-8-10(12-13(14)11(8)2)9-6-4-3-5-7-9/h3-8,10,14H,1-2H3/t8-,10+,13-/m0/s1. The smallest absolute Gasteiger partial charge is 0.166 e. The lowest BCUT2D eigenvalue weighted by atomic mass is 10.0. The molecule has 1 heterocycles. The molecule has 1 saturated heterocycles. The second kappa shape index (κ2) is 4.19. The molecule has 0 saturated carbocycles. The van der Waals surface area contributed by atoms with E-state index in [4.69, 9.17) is 4.52 Å². The monoisotopic (exact) mass is 227 g/mol. The molecule has 76 valence electrons. The molecule has 4 heteroatoms. The maximum absolute atomic E-state index is 5.83. The Balaban J connectivity index is 2.21. The zero-order valence-electron chi connectivity index (χ0n) is 8.29. The van der Waals surface area contributed by atoms with Crippen LogP contribution in [0, 0.1) is 0 Å². The molecule has 0 radical (unpaired) electrons. The summed E-state index contributed by atoms with van der Waals surface area (Å²) in [6.07, 6.45) is 0.171. The third-order valence-electron chi connectivity index (χ3n) is 2.63. The normalized spacial score (nSPS) is 33.5. The van der Waals surface area contributed by atoms with Crippen LogP contribution in [0.25, 0.3) is 0 Å². The van der Waals surface area contributed by atoms with Crippen LogP contribution in [0.3, 0.4) is 0 Å². The molecule has 0 N–H and O–H groups in total. The van der Waals surface area contributed by atoms with Gasteiger partial charge >= 0.3 is 0 Å². The van der Waals surface area contributed by atoms with E-state index in [1.165, 1.54) is 5.56 Å². The number of benzene rings is 1.